The first-order valence-corrected chi connectivity index (χ1v) is 8.02. The molecule has 0 fully saturated rings. The minimum atomic E-state index is -0.233. The van der Waals surface area contributed by atoms with Gasteiger partial charge in [0.2, 0.25) is 5.91 Å². The van der Waals surface area contributed by atoms with Crippen LogP contribution in [0.15, 0.2) is 48.5 Å². The third-order valence-electron chi connectivity index (χ3n) is 3.49. The van der Waals surface area contributed by atoms with E-state index in [0.717, 1.165) is 5.69 Å². The van der Waals surface area contributed by atoms with Crippen molar-refractivity contribution in [3.63, 3.8) is 0 Å². The average Bonchev–Trinajstić information content (AvgIpc) is 2.61. The summed E-state index contributed by atoms with van der Waals surface area (Å²) in [5.41, 5.74) is 2.42. The van der Waals surface area contributed by atoms with Crippen LogP contribution in [0.25, 0.3) is 0 Å². The zero-order chi connectivity index (χ0) is 18.2. The van der Waals surface area contributed by atoms with E-state index < -0.39 is 0 Å². The third-order valence-corrected chi connectivity index (χ3v) is 3.49. The van der Waals surface area contributed by atoms with Crippen molar-refractivity contribution in [2.45, 2.75) is 13.8 Å². The molecular weight excluding hydrogens is 318 g/mol. The highest BCUT2D eigenvalue weighted by molar-refractivity contribution is 5.98. The van der Waals surface area contributed by atoms with Crippen LogP contribution in [0.3, 0.4) is 0 Å². The smallest absolute Gasteiger partial charge is 0.251 e. The Balaban J connectivity index is 1.90. The van der Waals surface area contributed by atoms with Crippen LogP contribution >= 0.6 is 0 Å². The lowest BCUT2D eigenvalue weighted by Gasteiger charge is -2.09. The monoisotopic (exact) mass is 339 g/mol. The van der Waals surface area contributed by atoms with E-state index in [1.165, 1.54) is 6.92 Å². The quantitative estimate of drug-likeness (QED) is 0.677. The lowest BCUT2D eigenvalue weighted by molar-refractivity contribution is -0.114. The van der Waals surface area contributed by atoms with Gasteiger partial charge in [-0.25, -0.2) is 0 Å². The van der Waals surface area contributed by atoms with Gasteiger partial charge in [0.05, 0.1) is 6.54 Å². The Kier molecular flexibility index (Phi) is 6.28. The van der Waals surface area contributed by atoms with E-state index in [0.29, 0.717) is 23.4 Å². The van der Waals surface area contributed by atoms with Gasteiger partial charge in [0.25, 0.3) is 5.91 Å². The summed E-state index contributed by atoms with van der Waals surface area (Å²) in [4.78, 5) is 35.1. The molecular formula is C19H21N3O3. The summed E-state index contributed by atoms with van der Waals surface area (Å²) < 4.78 is 0. The van der Waals surface area contributed by atoms with Crippen molar-refractivity contribution in [2.75, 3.05) is 23.7 Å². The predicted octanol–water partition coefficient (Wildman–Crippen LogP) is 2.69. The Hall–Kier alpha value is -3.15. The van der Waals surface area contributed by atoms with Gasteiger partial charge in [0.15, 0.2) is 5.78 Å². The molecule has 2 aromatic rings. The fourth-order valence-corrected chi connectivity index (χ4v) is 2.21. The lowest BCUT2D eigenvalue weighted by atomic mass is 10.1. The molecule has 130 valence electrons. The van der Waals surface area contributed by atoms with Crippen LogP contribution < -0.4 is 16.0 Å². The molecule has 2 amide bonds. The molecule has 0 saturated carbocycles. The van der Waals surface area contributed by atoms with E-state index in [2.05, 4.69) is 16.0 Å². The van der Waals surface area contributed by atoms with Crippen LogP contribution in [-0.2, 0) is 4.79 Å². The van der Waals surface area contributed by atoms with E-state index >= 15 is 0 Å². The van der Waals surface area contributed by atoms with E-state index in [1.807, 2.05) is 6.92 Å². The molecule has 0 aromatic heterocycles. The Morgan fingerprint density at radius 2 is 1.64 bits per heavy atom. The van der Waals surface area contributed by atoms with Crippen molar-refractivity contribution in [1.82, 2.24) is 5.32 Å². The van der Waals surface area contributed by atoms with Crippen molar-refractivity contribution in [3.8, 4) is 0 Å². The summed E-state index contributed by atoms with van der Waals surface area (Å²) in [5, 5.41) is 8.44. The average molecular weight is 339 g/mol. The van der Waals surface area contributed by atoms with E-state index in [1.54, 1.807) is 48.5 Å². The molecule has 6 nitrogen and oxygen atoms in total. The maximum absolute atomic E-state index is 12.0. The molecule has 0 radical (unpaired) electrons. The largest absolute Gasteiger partial charge is 0.376 e. The minimum absolute atomic E-state index is 0.00344. The van der Waals surface area contributed by atoms with Crippen molar-refractivity contribution in [2.24, 2.45) is 0 Å². The van der Waals surface area contributed by atoms with Crippen LogP contribution in [0, 0.1) is 0 Å². The van der Waals surface area contributed by atoms with E-state index in [9.17, 15) is 14.4 Å². The van der Waals surface area contributed by atoms with Gasteiger partial charge in [-0.15, -0.1) is 0 Å². The SMILES string of the molecule is CCNC(=O)c1cccc(NC(=O)CNc2ccc(C(C)=O)cc2)c1. The van der Waals surface area contributed by atoms with Crippen molar-refractivity contribution in [3.05, 3.63) is 59.7 Å². The van der Waals surface area contributed by atoms with Gasteiger partial charge in [-0.05, 0) is 56.3 Å². The van der Waals surface area contributed by atoms with Crippen LogP contribution in [-0.4, -0.2) is 30.7 Å². The highest BCUT2D eigenvalue weighted by Gasteiger charge is 2.07. The van der Waals surface area contributed by atoms with Crippen molar-refractivity contribution >= 4 is 29.0 Å². The number of amides is 2. The fourth-order valence-electron chi connectivity index (χ4n) is 2.21. The number of Topliss-reactive ketones (excluding diaryl/α,β-unsaturated/α-hetero) is 1. The summed E-state index contributed by atoms with van der Waals surface area (Å²) in [5.74, 6) is -0.415. The Morgan fingerprint density at radius 1 is 0.920 bits per heavy atom. The molecule has 0 unspecified atom stereocenters. The van der Waals surface area contributed by atoms with E-state index in [-0.39, 0.29) is 24.1 Å². The second-order valence-electron chi connectivity index (χ2n) is 5.48. The second-order valence-corrected chi connectivity index (χ2v) is 5.48. The zero-order valence-electron chi connectivity index (χ0n) is 14.3. The Morgan fingerprint density at radius 3 is 2.28 bits per heavy atom. The number of anilines is 2. The maximum Gasteiger partial charge on any atom is 0.251 e. The number of nitrogens with one attached hydrogen (secondary N) is 3. The molecule has 6 heteroatoms. The molecule has 0 aliphatic rings. The standard InChI is InChI=1S/C19H21N3O3/c1-3-20-19(25)15-5-4-6-17(11-15)22-18(24)12-21-16-9-7-14(8-10-16)13(2)23/h4-11,21H,3,12H2,1-2H3,(H,20,25)(H,22,24). The van der Waals surface area contributed by atoms with Gasteiger partial charge in [-0.1, -0.05) is 6.07 Å². The minimum Gasteiger partial charge on any atom is -0.376 e. The molecule has 2 rings (SSSR count). The summed E-state index contributed by atoms with van der Waals surface area (Å²) in [6, 6.07) is 13.7. The van der Waals surface area contributed by atoms with Crippen molar-refractivity contribution in [1.29, 1.82) is 0 Å². The number of benzene rings is 2. The molecule has 0 heterocycles. The summed E-state index contributed by atoms with van der Waals surface area (Å²) >= 11 is 0. The highest BCUT2D eigenvalue weighted by Crippen LogP contribution is 2.12. The number of rotatable bonds is 7. The molecule has 3 N–H and O–H groups in total. The summed E-state index contributed by atoms with van der Waals surface area (Å²) in [6.45, 7) is 3.97. The molecule has 0 saturated heterocycles. The van der Waals surface area contributed by atoms with Gasteiger partial charge < -0.3 is 16.0 Å². The van der Waals surface area contributed by atoms with Crippen LogP contribution in [0.2, 0.25) is 0 Å². The molecule has 0 bridgehead atoms. The predicted molar refractivity (Wildman–Crippen MR) is 98.0 cm³/mol. The first-order chi connectivity index (χ1) is 12.0. The highest BCUT2D eigenvalue weighted by atomic mass is 16.2. The molecule has 0 spiro atoms. The third kappa shape index (κ3) is 5.46. The van der Waals surface area contributed by atoms with Crippen molar-refractivity contribution < 1.29 is 14.4 Å². The van der Waals surface area contributed by atoms with Gasteiger partial charge in [0, 0.05) is 29.0 Å². The summed E-state index contributed by atoms with van der Waals surface area (Å²) in [6.07, 6.45) is 0. The zero-order valence-corrected chi connectivity index (χ0v) is 14.3. The van der Waals surface area contributed by atoms with Gasteiger partial charge in [-0.3, -0.25) is 14.4 Å². The first kappa shape index (κ1) is 18.2. The lowest BCUT2D eigenvalue weighted by Crippen LogP contribution is -2.24. The van der Waals surface area contributed by atoms with Crippen LogP contribution in [0.1, 0.15) is 34.6 Å². The molecule has 25 heavy (non-hydrogen) atoms. The fraction of sp³-hybridized carbons (Fsp3) is 0.211. The van der Waals surface area contributed by atoms with Crippen LogP contribution in [0.4, 0.5) is 11.4 Å². The number of carbonyl (C=O) groups excluding carboxylic acids is 3. The second kappa shape index (κ2) is 8.63. The number of ketones is 1. The number of hydrogen-bond acceptors (Lipinski definition) is 4. The van der Waals surface area contributed by atoms with Gasteiger partial charge >= 0.3 is 0 Å². The first-order valence-electron chi connectivity index (χ1n) is 8.02. The molecule has 0 aliphatic heterocycles. The molecule has 0 atom stereocenters. The topological polar surface area (TPSA) is 87.3 Å². The Labute approximate surface area is 146 Å². The van der Waals surface area contributed by atoms with Gasteiger partial charge in [-0.2, -0.15) is 0 Å². The summed E-state index contributed by atoms with van der Waals surface area (Å²) in [7, 11) is 0. The number of carbonyl (C=O) groups is 3. The molecule has 2 aromatic carbocycles. The number of hydrogen-bond donors (Lipinski definition) is 3. The maximum atomic E-state index is 12.0. The van der Waals surface area contributed by atoms with Crippen LogP contribution in [0.5, 0.6) is 0 Å². The van der Waals surface area contributed by atoms with Gasteiger partial charge in [0.1, 0.15) is 0 Å². The normalized spacial score (nSPS) is 10.0. The Bertz CT molecular complexity index is 770. The molecule has 0 aliphatic carbocycles. The van der Waals surface area contributed by atoms with E-state index in [4.69, 9.17) is 0 Å².